The molecule has 0 saturated carbocycles. The van der Waals surface area contributed by atoms with E-state index in [9.17, 15) is 9.90 Å². The highest BCUT2D eigenvalue weighted by Crippen LogP contribution is 2.42. The number of fused-ring (bicyclic) bond motifs is 3. The van der Waals surface area contributed by atoms with Gasteiger partial charge in [-0.2, -0.15) is 0 Å². The number of aromatic amines is 1. The lowest BCUT2D eigenvalue weighted by molar-refractivity contribution is -0.142. The second-order valence-electron chi connectivity index (χ2n) is 7.60. The monoisotopic (exact) mass is 425 g/mol. The minimum Gasteiger partial charge on any atom is -0.502 e. The quantitative estimate of drug-likeness (QED) is 0.450. The molecule has 8 nitrogen and oxygen atoms in total. The molecule has 3 aromatic rings. The van der Waals surface area contributed by atoms with Gasteiger partial charge in [0, 0.05) is 23.0 Å². The number of phenols is 1. The smallest absolute Gasteiger partial charge is 0.322 e. The Morgan fingerprint density at radius 1 is 1.16 bits per heavy atom. The van der Waals surface area contributed by atoms with Gasteiger partial charge in [0.15, 0.2) is 11.5 Å². The first kappa shape index (κ1) is 21.0. The van der Waals surface area contributed by atoms with E-state index in [0.717, 1.165) is 22.2 Å². The standard InChI is InChI=1S/C23H27N3O5/c1-12(23(28)31-4)24-19-11-15-14-7-5-6-8-16(14)25-21(15)20(26-19)13-9-17(29-2)22(27)18(10-13)30-3/h5-10,12,19-20,24-27H,11H2,1-4H3/t12-,19+,20-/m1/s1. The number of phenolic OH excluding ortho intramolecular Hbond substituents is 1. The summed E-state index contributed by atoms with van der Waals surface area (Å²) in [5, 5.41) is 18.4. The number of hydrogen-bond donors (Lipinski definition) is 4. The molecule has 2 heterocycles. The lowest BCUT2D eigenvalue weighted by Gasteiger charge is -2.34. The first-order valence-corrected chi connectivity index (χ1v) is 10.1. The topological polar surface area (TPSA) is 105 Å². The van der Waals surface area contributed by atoms with E-state index in [4.69, 9.17) is 14.2 Å². The number of H-pyrrole nitrogens is 1. The van der Waals surface area contributed by atoms with Crippen molar-refractivity contribution in [1.29, 1.82) is 0 Å². The van der Waals surface area contributed by atoms with Crippen LogP contribution in [0.3, 0.4) is 0 Å². The van der Waals surface area contributed by atoms with Crippen molar-refractivity contribution in [2.75, 3.05) is 21.3 Å². The Kier molecular flexibility index (Phi) is 5.75. The van der Waals surface area contributed by atoms with Crippen LogP contribution < -0.4 is 20.1 Å². The SMILES string of the molecule is COC(=O)[C@@H](C)N[C@@H]1Cc2c([nH]c3ccccc23)[C@@H](c2cc(OC)c(O)c(OC)c2)N1. The maximum absolute atomic E-state index is 12.0. The molecule has 1 aliphatic rings. The van der Waals surface area contributed by atoms with Crippen LogP contribution in [-0.4, -0.2) is 49.6 Å². The predicted octanol–water partition coefficient (Wildman–Crippen LogP) is 2.60. The van der Waals surface area contributed by atoms with Gasteiger partial charge in [-0.15, -0.1) is 0 Å². The van der Waals surface area contributed by atoms with E-state index in [1.165, 1.54) is 26.9 Å². The summed E-state index contributed by atoms with van der Waals surface area (Å²) < 4.78 is 15.6. The number of aromatic nitrogens is 1. The minimum absolute atomic E-state index is 0.0459. The first-order valence-electron chi connectivity index (χ1n) is 10.1. The maximum Gasteiger partial charge on any atom is 0.322 e. The van der Waals surface area contributed by atoms with Gasteiger partial charge in [0.05, 0.1) is 33.5 Å². The van der Waals surface area contributed by atoms with Crippen LogP contribution in [0.25, 0.3) is 10.9 Å². The number of para-hydroxylation sites is 1. The van der Waals surface area contributed by atoms with Crippen LogP contribution in [0.2, 0.25) is 0 Å². The summed E-state index contributed by atoms with van der Waals surface area (Å²) in [5.74, 6) is 0.283. The molecule has 0 amide bonds. The zero-order chi connectivity index (χ0) is 22.1. The molecular formula is C23H27N3O5. The molecule has 164 valence electrons. The number of rotatable bonds is 6. The van der Waals surface area contributed by atoms with Crippen LogP contribution >= 0.6 is 0 Å². The van der Waals surface area contributed by atoms with E-state index in [1.54, 1.807) is 19.1 Å². The fourth-order valence-corrected chi connectivity index (χ4v) is 4.23. The van der Waals surface area contributed by atoms with Gasteiger partial charge in [-0.1, -0.05) is 18.2 Å². The van der Waals surface area contributed by atoms with Crippen molar-refractivity contribution in [3.63, 3.8) is 0 Å². The Labute approximate surface area is 180 Å². The molecular weight excluding hydrogens is 398 g/mol. The molecule has 0 unspecified atom stereocenters. The lowest BCUT2D eigenvalue weighted by Crippen LogP contribution is -2.53. The molecule has 0 fully saturated rings. The average molecular weight is 425 g/mol. The third-order valence-corrected chi connectivity index (χ3v) is 5.75. The fourth-order valence-electron chi connectivity index (χ4n) is 4.23. The Balaban J connectivity index is 1.80. The van der Waals surface area contributed by atoms with Gasteiger partial charge in [-0.05, 0) is 36.2 Å². The molecule has 0 radical (unpaired) electrons. The van der Waals surface area contributed by atoms with Crippen LogP contribution in [0, 0.1) is 0 Å². The summed E-state index contributed by atoms with van der Waals surface area (Å²) in [7, 11) is 4.39. The predicted molar refractivity (Wildman–Crippen MR) is 117 cm³/mol. The van der Waals surface area contributed by atoms with E-state index in [2.05, 4.69) is 21.7 Å². The van der Waals surface area contributed by atoms with E-state index < -0.39 is 6.04 Å². The van der Waals surface area contributed by atoms with Gasteiger partial charge in [-0.3, -0.25) is 15.4 Å². The van der Waals surface area contributed by atoms with Crippen molar-refractivity contribution < 1.29 is 24.1 Å². The number of ether oxygens (including phenoxy) is 3. The van der Waals surface area contributed by atoms with Crippen LogP contribution in [0.4, 0.5) is 0 Å². The van der Waals surface area contributed by atoms with Gasteiger partial charge in [0.1, 0.15) is 6.04 Å². The van der Waals surface area contributed by atoms with Gasteiger partial charge in [0.2, 0.25) is 5.75 Å². The summed E-state index contributed by atoms with van der Waals surface area (Å²) in [5.41, 5.74) is 4.09. The molecule has 0 saturated heterocycles. The Morgan fingerprint density at radius 3 is 2.48 bits per heavy atom. The number of benzene rings is 2. The van der Waals surface area contributed by atoms with Crippen molar-refractivity contribution in [2.45, 2.75) is 31.6 Å². The molecule has 1 aromatic heterocycles. The third kappa shape index (κ3) is 3.80. The summed E-state index contributed by atoms with van der Waals surface area (Å²) in [6.45, 7) is 1.78. The zero-order valence-corrected chi connectivity index (χ0v) is 18.0. The highest BCUT2D eigenvalue weighted by Gasteiger charge is 2.33. The molecule has 0 bridgehead atoms. The number of aromatic hydroxyl groups is 1. The van der Waals surface area contributed by atoms with Gasteiger partial charge in [0.25, 0.3) is 0 Å². The number of methoxy groups -OCH3 is 3. The molecule has 1 aliphatic heterocycles. The summed E-state index contributed by atoms with van der Waals surface area (Å²) >= 11 is 0. The van der Waals surface area contributed by atoms with Gasteiger partial charge in [-0.25, -0.2) is 0 Å². The minimum atomic E-state index is -0.473. The lowest BCUT2D eigenvalue weighted by atomic mass is 9.92. The Morgan fingerprint density at radius 2 is 1.84 bits per heavy atom. The van der Waals surface area contributed by atoms with Gasteiger partial charge >= 0.3 is 5.97 Å². The van der Waals surface area contributed by atoms with Gasteiger partial charge < -0.3 is 24.3 Å². The summed E-state index contributed by atoms with van der Waals surface area (Å²) in [6.07, 6.45) is 0.500. The fraction of sp³-hybridized carbons (Fsp3) is 0.348. The van der Waals surface area contributed by atoms with E-state index in [1.807, 2.05) is 18.2 Å². The number of hydrogen-bond acceptors (Lipinski definition) is 7. The van der Waals surface area contributed by atoms with Crippen LogP contribution in [0.5, 0.6) is 17.2 Å². The van der Waals surface area contributed by atoms with Crippen molar-refractivity contribution in [3.05, 3.63) is 53.2 Å². The summed E-state index contributed by atoms with van der Waals surface area (Å²) in [6, 6.07) is 11.0. The number of carbonyl (C=O) groups is 1. The molecule has 31 heavy (non-hydrogen) atoms. The normalized spacial score (nSPS) is 19.0. The highest BCUT2D eigenvalue weighted by atomic mass is 16.5. The number of nitrogens with one attached hydrogen (secondary N) is 3. The maximum atomic E-state index is 12.0. The molecule has 2 aromatic carbocycles. The average Bonchev–Trinajstić information content (AvgIpc) is 3.16. The van der Waals surface area contributed by atoms with Crippen molar-refractivity contribution in [3.8, 4) is 17.2 Å². The first-order chi connectivity index (χ1) is 15.0. The molecule has 0 spiro atoms. The van der Waals surface area contributed by atoms with Crippen molar-refractivity contribution >= 4 is 16.9 Å². The van der Waals surface area contributed by atoms with Crippen LogP contribution in [0.15, 0.2) is 36.4 Å². The van der Waals surface area contributed by atoms with E-state index in [-0.39, 0.29) is 23.9 Å². The summed E-state index contributed by atoms with van der Waals surface area (Å²) in [4.78, 5) is 15.5. The van der Waals surface area contributed by atoms with Crippen molar-refractivity contribution in [2.24, 2.45) is 0 Å². The third-order valence-electron chi connectivity index (χ3n) is 5.75. The largest absolute Gasteiger partial charge is 0.502 e. The molecule has 0 aliphatic carbocycles. The second kappa shape index (κ2) is 8.49. The second-order valence-corrected chi connectivity index (χ2v) is 7.60. The highest BCUT2D eigenvalue weighted by molar-refractivity contribution is 5.85. The molecule has 3 atom stereocenters. The van der Waals surface area contributed by atoms with Crippen LogP contribution in [-0.2, 0) is 16.0 Å². The van der Waals surface area contributed by atoms with Crippen molar-refractivity contribution in [1.82, 2.24) is 15.6 Å². The number of esters is 1. The van der Waals surface area contributed by atoms with E-state index in [0.29, 0.717) is 17.9 Å². The number of carbonyl (C=O) groups excluding carboxylic acids is 1. The molecule has 4 N–H and O–H groups in total. The molecule has 4 rings (SSSR count). The zero-order valence-electron chi connectivity index (χ0n) is 18.0. The Bertz CT molecular complexity index is 1080. The van der Waals surface area contributed by atoms with E-state index >= 15 is 0 Å². The Hall–Kier alpha value is -3.23. The van der Waals surface area contributed by atoms with Crippen LogP contribution in [0.1, 0.15) is 29.8 Å². The molecule has 8 heteroatoms.